The first-order valence-electron chi connectivity index (χ1n) is 3.44. The molecule has 0 aliphatic rings. The molecular formula is C7H4Cl2N4. The molecule has 0 amide bonds. The molecule has 4 nitrogen and oxygen atoms in total. The third-order valence-corrected chi connectivity index (χ3v) is 1.91. The second-order valence-corrected chi connectivity index (χ2v) is 3.04. The minimum atomic E-state index is 0.155. The summed E-state index contributed by atoms with van der Waals surface area (Å²) in [4.78, 5) is 14.5. The first kappa shape index (κ1) is 8.47. The molecule has 0 bridgehead atoms. The van der Waals surface area contributed by atoms with Crippen molar-refractivity contribution in [2.45, 2.75) is 0 Å². The second-order valence-electron chi connectivity index (χ2n) is 2.29. The summed E-state index contributed by atoms with van der Waals surface area (Å²) in [6.45, 7) is 0. The Morgan fingerprint density at radius 3 is 2.77 bits per heavy atom. The topological polar surface area (TPSA) is 54.5 Å². The SMILES string of the molecule is Clc1ncc(Cl)c(-c2c[nH]cn2)n1. The molecule has 0 fully saturated rings. The minimum absolute atomic E-state index is 0.155. The lowest BCUT2D eigenvalue weighted by Gasteiger charge is -1.98. The Kier molecular flexibility index (Phi) is 2.16. The Labute approximate surface area is 84.0 Å². The summed E-state index contributed by atoms with van der Waals surface area (Å²) in [5, 5.41) is 0.582. The van der Waals surface area contributed by atoms with Crippen molar-refractivity contribution in [3.05, 3.63) is 29.0 Å². The number of aromatic amines is 1. The van der Waals surface area contributed by atoms with E-state index in [-0.39, 0.29) is 5.28 Å². The van der Waals surface area contributed by atoms with E-state index in [2.05, 4.69) is 19.9 Å². The van der Waals surface area contributed by atoms with Gasteiger partial charge in [0.15, 0.2) is 0 Å². The molecule has 0 aliphatic heterocycles. The lowest BCUT2D eigenvalue weighted by molar-refractivity contribution is 1.16. The summed E-state index contributed by atoms with van der Waals surface area (Å²) in [6, 6.07) is 0. The van der Waals surface area contributed by atoms with E-state index in [9.17, 15) is 0 Å². The van der Waals surface area contributed by atoms with Crippen LogP contribution >= 0.6 is 23.2 Å². The van der Waals surface area contributed by atoms with Crippen LogP contribution in [0.25, 0.3) is 11.4 Å². The highest BCUT2D eigenvalue weighted by Gasteiger charge is 2.08. The first-order valence-corrected chi connectivity index (χ1v) is 4.20. The van der Waals surface area contributed by atoms with E-state index in [0.717, 1.165) is 0 Å². The molecule has 0 radical (unpaired) electrons. The Morgan fingerprint density at radius 2 is 2.08 bits per heavy atom. The van der Waals surface area contributed by atoms with Crippen LogP contribution in [0.5, 0.6) is 0 Å². The number of halogens is 2. The highest BCUT2D eigenvalue weighted by atomic mass is 35.5. The quantitative estimate of drug-likeness (QED) is 0.741. The number of nitrogens with one attached hydrogen (secondary N) is 1. The molecule has 6 heteroatoms. The number of imidazole rings is 1. The molecule has 0 saturated carbocycles. The average molecular weight is 215 g/mol. The fraction of sp³-hybridized carbons (Fsp3) is 0. The number of H-pyrrole nitrogens is 1. The molecule has 0 saturated heterocycles. The standard InChI is InChI=1S/C7H4Cl2N4/c8-4-1-11-7(9)13-6(4)5-2-10-3-12-5/h1-3H,(H,10,12). The summed E-state index contributed by atoms with van der Waals surface area (Å²) in [5.41, 5.74) is 1.18. The maximum absolute atomic E-state index is 5.85. The van der Waals surface area contributed by atoms with E-state index in [1.165, 1.54) is 6.20 Å². The summed E-state index contributed by atoms with van der Waals surface area (Å²) in [7, 11) is 0. The fourth-order valence-electron chi connectivity index (χ4n) is 0.915. The van der Waals surface area contributed by atoms with Gasteiger partial charge in [-0.05, 0) is 11.6 Å². The molecule has 0 atom stereocenters. The van der Waals surface area contributed by atoms with Crippen LogP contribution in [-0.4, -0.2) is 19.9 Å². The van der Waals surface area contributed by atoms with Gasteiger partial charge in [0.25, 0.3) is 0 Å². The number of hydrogen-bond donors (Lipinski definition) is 1. The van der Waals surface area contributed by atoms with Gasteiger partial charge in [0, 0.05) is 6.20 Å². The zero-order valence-electron chi connectivity index (χ0n) is 6.33. The fourth-order valence-corrected chi connectivity index (χ4v) is 1.24. The Hall–Kier alpha value is -1.13. The van der Waals surface area contributed by atoms with Gasteiger partial charge in [-0.15, -0.1) is 0 Å². The predicted octanol–water partition coefficient (Wildman–Crippen LogP) is 2.17. The van der Waals surface area contributed by atoms with Crippen LogP contribution in [0.1, 0.15) is 0 Å². The van der Waals surface area contributed by atoms with Crippen molar-refractivity contribution >= 4 is 23.2 Å². The van der Waals surface area contributed by atoms with E-state index in [1.807, 2.05) is 0 Å². The summed E-state index contributed by atoms with van der Waals surface area (Å²) in [6.07, 6.45) is 4.67. The normalized spacial score (nSPS) is 10.3. The van der Waals surface area contributed by atoms with Crippen molar-refractivity contribution < 1.29 is 0 Å². The Balaban J connectivity index is 2.57. The highest BCUT2D eigenvalue weighted by Crippen LogP contribution is 2.23. The van der Waals surface area contributed by atoms with E-state index >= 15 is 0 Å². The molecule has 2 aromatic rings. The van der Waals surface area contributed by atoms with Crippen molar-refractivity contribution in [3.8, 4) is 11.4 Å². The molecule has 1 N–H and O–H groups in total. The van der Waals surface area contributed by atoms with Crippen molar-refractivity contribution in [3.63, 3.8) is 0 Å². The molecule has 0 aliphatic carbocycles. The van der Waals surface area contributed by atoms with Crippen LogP contribution < -0.4 is 0 Å². The maximum atomic E-state index is 5.85. The molecule has 13 heavy (non-hydrogen) atoms. The molecule has 2 rings (SSSR count). The third-order valence-electron chi connectivity index (χ3n) is 1.46. The molecule has 0 unspecified atom stereocenters. The van der Waals surface area contributed by atoms with Gasteiger partial charge in [-0.3, -0.25) is 0 Å². The molecule has 66 valence electrons. The summed E-state index contributed by atoms with van der Waals surface area (Å²) >= 11 is 11.5. The van der Waals surface area contributed by atoms with Gasteiger partial charge in [-0.1, -0.05) is 11.6 Å². The van der Waals surface area contributed by atoms with Gasteiger partial charge in [-0.2, -0.15) is 0 Å². The van der Waals surface area contributed by atoms with E-state index in [1.54, 1.807) is 12.5 Å². The van der Waals surface area contributed by atoms with E-state index in [0.29, 0.717) is 16.4 Å². The van der Waals surface area contributed by atoms with Crippen molar-refractivity contribution in [2.24, 2.45) is 0 Å². The van der Waals surface area contributed by atoms with Crippen LogP contribution in [0.4, 0.5) is 0 Å². The van der Waals surface area contributed by atoms with Gasteiger partial charge in [-0.25, -0.2) is 15.0 Å². The van der Waals surface area contributed by atoms with Crippen LogP contribution in [0.15, 0.2) is 18.7 Å². The van der Waals surface area contributed by atoms with Crippen LogP contribution in [0.3, 0.4) is 0 Å². The zero-order valence-corrected chi connectivity index (χ0v) is 7.84. The highest BCUT2D eigenvalue weighted by molar-refractivity contribution is 6.33. The lowest BCUT2D eigenvalue weighted by atomic mass is 10.3. The molecular weight excluding hydrogens is 211 g/mol. The van der Waals surface area contributed by atoms with Crippen molar-refractivity contribution in [1.82, 2.24) is 19.9 Å². The van der Waals surface area contributed by atoms with Crippen molar-refractivity contribution in [2.75, 3.05) is 0 Å². The van der Waals surface area contributed by atoms with Gasteiger partial charge in [0.2, 0.25) is 5.28 Å². The number of nitrogens with zero attached hydrogens (tertiary/aromatic N) is 3. The van der Waals surface area contributed by atoms with Crippen LogP contribution in [0.2, 0.25) is 10.3 Å². The number of hydrogen-bond acceptors (Lipinski definition) is 3. The Bertz CT molecular complexity index is 412. The molecule has 0 spiro atoms. The van der Waals surface area contributed by atoms with E-state index < -0.39 is 0 Å². The van der Waals surface area contributed by atoms with Gasteiger partial charge < -0.3 is 4.98 Å². The van der Waals surface area contributed by atoms with Gasteiger partial charge in [0.05, 0.1) is 17.5 Å². The second kappa shape index (κ2) is 3.32. The number of rotatable bonds is 1. The predicted molar refractivity (Wildman–Crippen MR) is 49.6 cm³/mol. The Morgan fingerprint density at radius 1 is 1.23 bits per heavy atom. The van der Waals surface area contributed by atoms with Gasteiger partial charge in [0.1, 0.15) is 11.4 Å². The smallest absolute Gasteiger partial charge is 0.223 e. The maximum Gasteiger partial charge on any atom is 0.223 e. The van der Waals surface area contributed by atoms with E-state index in [4.69, 9.17) is 23.2 Å². The number of aromatic nitrogens is 4. The summed E-state index contributed by atoms with van der Waals surface area (Å²) < 4.78 is 0. The van der Waals surface area contributed by atoms with Gasteiger partial charge >= 0.3 is 0 Å². The zero-order chi connectivity index (χ0) is 9.26. The minimum Gasteiger partial charge on any atom is -0.351 e. The van der Waals surface area contributed by atoms with Crippen molar-refractivity contribution in [1.29, 1.82) is 0 Å². The van der Waals surface area contributed by atoms with Crippen LogP contribution in [0, 0.1) is 0 Å². The average Bonchev–Trinajstić information content (AvgIpc) is 2.61. The first-order chi connectivity index (χ1) is 6.27. The van der Waals surface area contributed by atoms with Crippen LogP contribution in [-0.2, 0) is 0 Å². The molecule has 0 aromatic carbocycles. The lowest BCUT2D eigenvalue weighted by Crippen LogP contribution is -1.88. The summed E-state index contributed by atoms with van der Waals surface area (Å²) in [5.74, 6) is 0. The largest absolute Gasteiger partial charge is 0.351 e. The molecule has 2 aromatic heterocycles. The molecule has 2 heterocycles. The third kappa shape index (κ3) is 1.64. The monoisotopic (exact) mass is 214 g/mol.